The summed E-state index contributed by atoms with van der Waals surface area (Å²) in [7, 11) is 0.690. The molecule has 0 N–H and O–H groups in total. The van der Waals surface area contributed by atoms with E-state index in [9.17, 15) is 4.21 Å². The molecule has 0 saturated heterocycles. The molecule has 0 amide bonds. The van der Waals surface area contributed by atoms with Gasteiger partial charge in [-0.1, -0.05) is 12.1 Å². The van der Waals surface area contributed by atoms with Crippen molar-refractivity contribution in [3.8, 4) is 5.75 Å². The molecule has 0 spiro atoms. The summed E-state index contributed by atoms with van der Waals surface area (Å²) < 4.78 is 18.9. The summed E-state index contributed by atoms with van der Waals surface area (Å²) in [6.07, 6.45) is 5.31. The van der Waals surface area contributed by atoms with E-state index in [-0.39, 0.29) is 0 Å². The molecule has 126 valence electrons. The van der Waals surface area contributed by atoms with Crippen molar-refractivity contribution in [1.82, 2.24) is 14.5 Å². The van der Waals surface area contributed by atoms with Crippen molar-refractivity contribution in [2.45, 2.75) is 11.4 Å². The molecule has 6 heteroatoms. The van der Waals surface area contributed by atoms with Crippen molar-refractivity contribution in [3.05, 3.63) is 60.6 Å². The SMILES string of the molecule is COc1ccc2c(c1)ncc1ncn(Cc3ccc(S(C)=O)cc3)c12. The van der Waals surface area contributed by atoms with Gasteiger partial charge in [-0.15, -0.1) is 0 Å². The van der Waals surface area contributed by atoms with Gasteiger partial charge >= 0.3 is 0 Å². The number of ether oxygens (including phenoxy) is 1. The maximum Gasteiger partial charge on any atom is 0.121 e. The number of methoxy groups -OCH3 is 1. The maximum absolute atomic E-state index is 11.5. The molecule has 0 fully saturated rings. The van der Waals surface area contributed by atoms with Crippen molar-refractivity contribution < 1.29 is 8.95 Å². The highest BCUT2D eigenvalue weighted by Gasteiger charge is 2.10. The number of hydrogen-bond donors (Lipinski definition) is 0. The quantitative estimate of drug-likeness (QED) is 0.566. The van der Waals surface area contributed by atoms with Gasteiger partial charge in [-0.05, 0) is 29.8 Å². The summed E-state index contributed by atoms with van der Waals surface area (Å²) in [5.74, 6) is 0.786. The Bertz CT molecular complexity index is 1090. The Morgan fingerprint density at radius 2 is 1.88 bits per heavy atom. The lowest BCUT2D eigenvalue weighted by molar-refractivity contribution is 0.415. The fourth-order valence-electron chi connectivity index (χ4n) is 2.96. The molecule has 0 aliphatic rings. The van der Waals surface area contributed by atoms with Crippen LogP contribution in [-0.4, -0.2) is 32.1 Å². The van der Waals surface area contributed by atoms with E-state index in [1.165, 1.54) is 0 Å². The van der Waals surface area contributed by atoms with Crippen molar-refractivity contribution in [2.75, 3.05) is 13.4 Å². The molecule has 0 radical (unpaired) electrons. The summed E-state index contributed by atoms with van der Waals surface area (Å²) >= 11 is 0. The fourth-order valence-corrected chi connectivity index (χ4v) is 3.48. The van der Waals surface area contributed by atoms with Crippen LogP contribution in [0.4, 0.5) is 0 Å². The largest absolute Gasteiger partial charge is 0.497 e. The molecule has 1 unspecified atom stereocenters. The molecule has 0 aliphatic carbocycles. The minimum atomic E-state index is -0.959. The van der Waals surface area contributed by atoms with E-state index >= 15 is 0 Å². The Balaban J connectivity index is 1.79. The van der Waals surface area contributed by atoms with Crippen LogP contribution in [0.15, 0.2) is 59.9 Å². The van der Waals surface area contributed by atoms with Crippen LogP contribution in [0.25, 0.3) is 21.9 Å². The van der Waals surface area contributed by atoms with Gasteiger partial charge in [0, 0.05) is 39.9 Å². The lowest BCUT2D eigenvalue weighted by Crippen LogP contribution is -1.99. The first kappa shape index (κ1) is 15.8. The van der Waals surface area contributed by atoms with Gasteiger partial charge in [0.25, 0.3) is 0 Å². The van der Waals surface area contributed by atoms with E-state index in [4.69, 9.17) is 4.74 Å². The zero-order chi connectivity index (χ0) is 17.4. The predicted octanol–water partition coefficient (Wildman–Crippen LogP) is 3.38. The zero-order valence-corrected chi connectivity index (χ0v) is 14.8. The lowest BCUT2D eigenvalue weighted by Gasteiger charge is -2.08. The number of rotatable bonds is 4. The van der Waals surface area contributed by atoms with Crippen LogP contribution in [0.2, 0.25) is 0 Å². The summed E-state index contributed by atoms with van der Waals surface area (Å²) in [6.45, 7) is 0.693. The monoisotopic (exact) mass is 351 g/mol. The molecule has 0 saturated carbocycles. The molecule has 0 bridgehead atoms. The highest BCUT2D eigenvalue weighted by Crippen LogP contribution is 2.26. The van der Waals surface area contributed by atoms with Crippen molar-refractivity contribution in [1.29, 1.82) is 0 Å². The van der Waals surface area contributed by atoms with Crippen LogP contribution in [-0.2, 0) is 17.3 Å². The molecular weight excluding hydrogens is 334 g/mol. The second kappa shape index (κ2) is 6.29. The Labute approximate surface area is 147 Å². The lowest BCUT2D eigenvalue weighted by atomic mass is 10.1. The predicted molar refractivity (Wildman–Crippen MR) is 99.5 cm³/mol. The Kier molecular flexibility index (Phi) is 3.97. The molecule has 2 heterocycles. The van der Waals surface area contributed by atoms with Crippen molar-refractivity contribution in [2.24, 2.45) is 0 Å². The van der Waals surface area contributed by atoms with Gasteiger partial charge in [0.05, 0.1) is 30.7 Å². The molecule has 5 nitrogen and oxygen atoms in total. The molecule has 2 aromatic carbocycles. The summed E-state index contributed by atoms with van der Waals surface area (Å²) in [4.78, 5) is 9.79. The first-order chi connectivity index (χ1) is 12.2. The molecule has 4 aromatic rings. The third-order valence-electron chi connectivity index (χ3n) is 4.26. The zero-order valence-electron chi connectivity index (χ0n) is 14.0. The second-order valence-electron chi connectivity index (χ2n) is 5.85. The number of fused-ring (bicyclic) bond motifs is 3. The summed E-state index contributed by atoms with van der Waals surface area (Å²) in [5.41, 5.74) is 3.93. The topological polar surface area (TPSA) is 57.0 Å². The van der Waals surface area contributed by atoms with Gasteiger partial charge in [0.2, 0.25) is 0 Å². The van der Waals surface area contributed by atoms with Gasteiger partial charge in [-0.25, -0.2) is 4.98 Å². The highest BCUT2D eigenvalue weighted by atomic mass is 32.2. The minimum Gasteiger partial charge on any atom is -0.497 e. The van der Waals surface area contributed by atoms with E-state index < -0.39 is 10.8 Å². The van der Waals surface area contributed by atoms with E-state index in [0.717, 1.165) is 38.1 Å². The number of hydrogen-bond acceptors (Lipinski definition) is 4. The van der Waals surface area contributed by atoms with Crippen molar-refractivity contribution >= 4 is 32.7 Å². The minimum absolute atomic E-state index is 0.693. The van der Waals surface area contributed by atoms with Crippen LogP contribution in [0.3, 0.4) is 0 Å². The number of nitrogens with zero attached hydrogens (tertiary/aromatic N) is 3. The Hall–Kier alpha value is -2.73. The molecule has 25 heavy (non-hydrogen) atoms. The first-order valence-electron chi connectivity index (χ1n) is 7.85. The molecule has 1 atom stereocenters. The molecule has 0 aliphatic heterocycles. The smallest absolute Gasteiger partial charge is 0.121 e. The van der Waals surface area contributed by atoms with Crippen LogP contribution >= 0.6 is 0 Å². The van der Waals surface area contributed by atoms with E-state index in [1.54, 1.807) is 19.6 Å². The Morgan fingerprint density at radius 3 is 2.60 bits per heavy atom. The Morgan fingerprint density at radius 1 is 1.08 bits per heavy atom. The maximum atomic E-state index is 11.5. The number of pyridine rings is 1. The summed E-state index contributed by atoms with van der Waals surface area (Å²) in [5, 5.41) is 1.04. The average Bonchev–Trinajstić information content (AvgIpc) is 3.05. The van der Waals surface area contributed by atoms with Gasteiger partial charge < -0.3 is 9.30 Å². The number of aromatic nitrogens is 3. The first-order valence-corrected chi connectivity index (χ1v) is 9.41. The molecule has 2 aromatic heterocycles. The van der Waals surface area contributed by atoms with E-state index in [1.807, 2.05) is 48.8 Å². The van der Waals surface area contributed by atoms with Crippen LogP contribution in [0.1, 0.15) is 5.56 Å². The fraction of sp³-hybridized carbons (Fsp3) is 0.158. The highest BCUT2D eigenvalue weighted by molar-refractivity contribution is 7.84. The van der Waals surface area contributed by atoms with E-state index in [0.29, 0.717) is 6.54 Å². The van der Waals surface area contributed by atoms with E-state index in [2.05, 4.69) is 14.5 Å². The molecular formula is C19H17N3O2S. The van der Waals surface area contributed by atoms with Gasteiger partial charge in [-0.3, -0.25) is 9.19 Å². The van der Waals surface area contributed by atoms with Crippen LogP contribution < -0.4 is 4.74 Å². The normalized spacial score (nSPS) is 12.6. The summed E-state index contributed by atoms with van der Waals surface area (Å²) in [6, 6.07) is 13.7. The average molecular weight is 351 g/mol. The third-order valence-corrected chi connectivity index (χ3v) is 5.20. The number of benzene rings is 2. The molecule has 4 rings (SSSR count). The van der Waals surface area contributed by atoms with Crippen molar-refractivity contribution in [3.63, 3.8) is 0 Å². The standard InChI is InChI=1S/C19H17N3O2S/c1-24-14-5-8-16-17(9-14)20-10-18-19(16)22(12-21-18)11-13-3-6-15(7-4-13)25(2)23/h3-10,12H,11H2,1-2H3. The van der Waals surface area contributed by atoms with Crippen LogP contribution in [0, 0.1) is 0 Å². The van der Waals surface area contributed by atoms with Gasteiger partial charge in [0.15, 0.2) is 0 Å². The number of imidazole rings is 1. The van der Waals surface area contributed by atoms with Gasteiger partial charge in [-0.2, -0.15) is 0 Å². The second-order valence-corrected chi connectivity index (χ2v) is 7.23. The third kappa shape index (κ3) is 2.89. The van der Waals surface area contributed by atoms with Gasteiger partial charge in [0.1, 0.15) is 11.3 Å². The van der Waals surface area contributed by atoms with Crippen LogP contribution in [0.5, 0.6) is 5.75 Å².